The Labute approximate surface area is 230 Å². The van der Waals surface area contributed by atoms with E-state index in [1.54, 1.807) is 13.3 Å². The number of fused-ring (bicyclic) bond motifs is 1. The number of carbonyl (C=O) groups excluding carboxylic acids is 1. The van der Waals surface area contributed by atoms with E-state index in [2.05, 4.69) is 88.7 Å². The van der Waals surface area contributed by atoms with Gasteiger partial charge in [0.1, 0.15) is 5.75 Å². The van der Waals surface area contributed by atoms with Gasteiger partial charge in [-0.05, 0) is 52.9 Å². The molecular weight excluding hydrogens is 482 g/mol. The maximum atomic E-state index is 13.3. The van der Waals surface area contributed by atoms with Crippen LogP contribution in [0.2, 0.25) is 0 Å². The third-order valence-electron chi connectivity index (χ3n) is 7.49. The highest BCUT2D eigenvalue weighted by Crippen LogP contribution is 2.40. The first-order chi connectivity index (χ1) is 19.1. The molecule has 1 amide bonds. The molecule has 3 aromatic carbocycles. The van der Waals surface area contributed by atoms with Crippen LogP contribution in [0.15, 0.2) is 109 Å². The van der Waals surface area contributed by atoms with Crippen LogP contribution in [0.25, 0.3) is 10.9 Å². The molecule has 0 fully saturated rings. The third-order valence-corrected chi connectivity index (χ3v) is 7.49. The highest BCUT2D eigenvalue weighted by atomic mass is 16.5. The lowest BCUT2D eigenvalue weighted by atomic mass is 9.80. The van der Waals surface area contributed by atoms with Crippen molar-refractivity contribution in [3.05, 3.63) is 132 Å². The summed E-state index contributed by atoms with van der Waals surface area (Å²) in [5.74, 6) is 1.09. The number of pyridine rings is 1. The van der Waals surface area contributed by atoms with Crippen molar-refractivity contribution in [2.45, 2.75) is 38.1 Å². The van der Waals surface area contributed by atoms with Gasteiger partial charge in [-0.3, -0.25) is 9.78 Å². The summed E-state index contributed by atoms with van der Waals surface area (Å²) in [5.41, 5.74) is 5.78. The van der Waals surface area contributed by atoms with Crippen molar-refractivity contribution in [1.29, 1.82) is 0 Å². The minimum Gasteiger partial charge on any atom is -0.497 e. The van der Waals surface area contributed by atoms with Gasteiger partial charge in [0.15, 0.2) is 0 Å². The van der Waals surface area contributed by atoms with Gasteiger partial charge in [-0.1, -0.05) is 73.7 Å². The van der Waals surface area contributed by atoms with E-state index < -0.39 is 0 Å². The molecule has 2 aromatic heterocycles. The van der Waals surface area contributed by atoms with Crippen LogP contribution in [0.3, 0.4) is 0 Å². The van der Waals surface area contributed by atoms with E-state index >= 15 is 0 Å². The zero-order valence-corrected chi connectivity index (χ0v) is 22.6. The molecule has 0 spiro atoms. The Kier molecular flexibility index (Phi) is 8.37. The van der Waals surface area contributed by atoms with Gasteiger partial charge in [0.05, 0.1) is 7.11 Å². The highest BCUT2D eigenvalue weighted by molar-refractivity contribution is 5.86. The maximum absolute atomic E-state index is 13.3. The normalized spacial score (nSPS) is 12.7. The Hall–Kier alpha value is -4.38. The van der Waals surface area contributed by atoms with Crippen molar-refractivity contribution in [3.63, 3.8) is 0 Å². The van der Waals surface area contributed by atoms with Crippen LogP contribution in [0, 0.1) is 0 Å². The number of para-hydroxylation sites is 1. The van der Waals surface area contributed by atoms with Crippen LogP contribution in [0.1, 0.15) is 47.6 Å². The van der Waals surface area contributed by atoms with E-state index in [0.29, 0.717) is 19.4 Å². The fraction of sp³-hybridized carbons (Fsp3) is 0.235. The first-order valence-electron chi connectivity index (χ1n) is 13.5. The summed E-state index contributed by atoms with van der Waals surface area (Å²) in [5, 5.41) is 4.34. The zero-order valence-electron chi connectivity index (χ0n) is 22.6. The fourth-order valence-corrected chi connectivity index (χ4v) is 5.32. The van der Waals surface area contributed by atoms with Gasteiger partial charge in [-0.25, -0.2) is 0 Å². The fourth-order valence-electron chi connectivity index (χ4n) is 5.32. The van der Waals surface area contributed by atoms with Crippen molar-refractivity contribution in [2.75, 3.05) is 13.7 Å². The van der Waals surface area contributed by atoms with E-state index in [0.717, 1.165) is 18.0 Å². The first-order valence-corrected chi connectivity index (χ1v) is 13.5. The number of ether oxygens (including phenoxy) is 1. The standard InChI is InChI=1S/C34H35N3O2/c1-25(27-10-4-3-5-11-27)31(22-34(38)36-21-19-28-12-8-9-20-35-28)32-24-37(33-14-7-6-13-30(32)33)23-26-15-17-29(39-2)18-16-26/h3-18,20,24-25,31H,19,21-23H2,1-2H3,(H,36,38)/t25-,31-/m0/s1. The molecule has 0 aliphatic rings. The molecule has 5 nitrogen and oxygen atoms in total. The van der Waals surface area contributed by atoms with E-state index in [1.165, 1.54) is 27.6 Å². The molecule has 0 aliphatic carbocycles. The number of aromatic nitrogens is 2. The average molecular weight is 518 g/mol. The second kappa shape index (κ2) is 12.4. The zero-order chi connectivity index (χ0) is 27.0. The van der Waals surface area contributed by atoms with Crippen LogP contribution in [-0.4, -0.2) is 29.1 Å². The van der Waals surface area contributed by atoms with Crippen LogP contribution < -0.4 is 10.1 Å². The van der Waals surface area contributed by atoms with Crippen molar-refractivity contribution < 1.29 is 9.53 Å². The number of methoxy groups -OCH3 is 1. The Morgan fingerprint density at radius 1 is 0.923 bits per heavy atom. The molecular formula is C34H35N3O2. The SMILES string of the molecule is COc1ccc(Cn2cc([C@@H](CC(=O)NCCc3ccccn3)[C@@H](C)c3ccccc3)c3ccccc32)cc1. The van der Waals surface area contributed by atoms with Crippen LogP contribution in [0.5, 0.6) is 5.75 Å². The molecule has 0 unspecified atom stereocenters. The monoisotopic (exact) mass is 517 g/mol. The lowest BCUT2D eigenvalue weighted by Crippen LogP contribution is -2.28. The Morgan fingerprint density at radius 3 is 2.41 bits per heavy atom. The molecule has 5 rings (SSSR count). The van der Waals surface area contributed by atoms with Gasteiger partial charge in [-0.2, -0.15) is 0 Å². The topological polar surface area (TPSA) is 56.1 Å². The van der Waals surface area contributed by atoms with Crippen molar-refractivity contribution >= 4 is 16.8 Å². The second-order valence-corrected chi connectivity index (χ2v) is 10.0. The molecule has 5 aromatic rings. The molecule has 0 saturated carbocycles. The molecule has 198 valence electrons. The first kappa shape index (κ1) is 26.2. The number of hydrogen-bond donors (Lipinski definition) is 1. The van der Waals surface area contributed by atoms with E-state index in [4.69, 9.17) is 4.74 Å². The third kappa shape index (κ3) is 6.37. The van der Waals surface area contributed by atoms with Crippen LogP contribution >= 0.6 is 0 Å². The summed E-state index contributed by atoms with van der Waals surface area (Å²) in [6.45, 7) is 3.55. The van der Waals surface area contributed by atoms with E-state index in [-0.39, 0.29) is 17.7 Å². The van der Waals surface area contributed by atoms with Crippen LogP contribution in [0.4, 0.5) is 0 Å². The van der Waals surface area contributed by atoms with E-state index in [1.807, 2.05) is 36.4 Å². The number of carbonyl (C=O) groups is 1. The number of rotatable bonds is 11. The van der Waals surface area contributed by atoms with Crippen molar-refractivity contribution in [1.82, 2.24) is 14.9 Å². The van der Waals surface area contributed by atoms with Gasteiger partial charge in [0.25, 0.3) is 0 Å². The molecule has 5 heteroatoms. The minimum atomic E-state index is 0.0178. The highest BCUT2D eigenvalue weighted by Gasteiger charge is 2.27. The minimum absolute atomic E-state index is 0.0178. The number of hydrogen-bond acceptors (Lipinski definition) is 3. The van der Waals surface area contributed by atoms with Crippen molar-refractivity contribution in [2.24, 2.45) is 0 Å². The number of nitrogens with one attached hydrogen (secondary N) is 1. The summed E-state index contributed by atoms with van der Waals surface area (Å²) in [6.07, 6.45) is 5.16. The quantitative estimate of drug-likeness (QED) is 0.211. The number of amides is 1. The van der Waals surface area contributed by atoms with Gasteiger partial charge < -0.3 is 14.6 Å². The Balaban J connectivity index is 1.43. The molecule has 0 saturated heterocycles. The summed E-state index contributed by atoms with van der Waals surface area (Å²) < 4.78 is 7.64. The largest absolute Gasteiger partial charge is 0.497 e. The maximum Gasteiger partial charge on any atom is 0.220 e. The molecule has 0 aliphatic heterocycles. The van der Waals surface area contributed by atoms with Gasteiger partial charge in [0.2, 0.25) is 5.91 Å². The molecule has 1 N–H and O–H groups in total. The lowest BCUT2D eigenvalue weighted by molar-refractivity contribution is -0.121. The van der Waals surface area contributed by atoms with Gasteiger partial charge in [-0.15, -0.1) is 0 Å². The molecule has 0 bridgehead atoms. The number of nitrogens with zero attached hydrogens (tertiary/aromatic N) is 2. The van der Waals surface area contributed by atoms with Crippen molar-refractivity contribution in [3.8, 4) is 5.75 Å². The second-order valence-electron chi connectivity index (χ2n) is 10.0. The predicted octanol–water partition coefficient (Wildman–Crippen LogP) is 6.73. The molecule has 39 heavy (non-hydrogen) atoms. The van der Waals surface area contributed by atoms with E-state index in [9.17, 15) is 4.79 Å². The summed E-state index contributed by atoms with van der Waals surface area (Å²) >= 11 is 0. The summed E-state index contributed by atoms with van der Waals surface area (Å²) in [7, 11) is 1.68. The average Bonchev–Trinajstić information content (AvgIpc) is 3.35. The Morgan fingerprint density at radius 2 is 1.67 bits per heavy atom. The summed E-state index contributed by atoms with van der Waals surface area (Å²) in [6, 6.07) is 33.1. The number of benzene rings is 3. The molecule has 0 radical (unpaired) electrons. The van der Waals surface area contributed by atoms with Gasteiger partial charge in [0, 0.05) is 60.8 Å². The van der Waals surface area contributed by atoms with Crippen LogP contribution in [-0.2, 0) is 17.8 Å². The lowest BCUT2D eigenvalue weighted by Gasteiger charge is -2.24. The molecule has 2 heterocycles. The smallest absolute Gasteiger partial charge is 0.220 e. The van der Waals surface area contributed by atoms with Gasteiger partial charge >= 0.3 is 0 Å². The molecule has 2 atom stereocenters. The predicted molar refractivity (Wildman–Crippen MR) is 157 cm³/mol. The Bertz CT molecular complexity index is 1490. The summed E-state index contributed by atoms with van der Waals surface area (Å²) in [4.78, 5) is 17.7.